The van der Waals surface area contributed by atoms with Gasteiger partial charge in [-0.25, -0.2) is 8.42 Å². The van der Waals surface area contributed by atoms with Crippen LogP contribution in [-0.4, -0.2) is 26.8 Å². The SMILES string of the molecule is CC1C(C#N)S(=O)(=O)c2ccccc2N1C. The molecule has 0 saturated heterocycles. The third-order valence-electron chi connectivity index (χ3n) is 3.06. The number of anilines is 1. The van der Waals surface area contributed by atoms with Gasteiger partial charge in [-0.15, -0.1) is 0 Å². The Kier molecular flexibility index (Phi) is 2.39. The first-order valence-corrected chi connectivity index (χ1v) is 6.50. The van der Waals surface area contributed by atoms with Crippen LogP contribution >= 0.6 is 0 Å². The van der Waals surface area contributed by atoms with Crippen LogP contribution in [0.4, 0.5) is 5.69 Å². The highest BCUT2D eigenvalue weighted by Gasteiger charge is 2.41. The topological polar surface area (TPSA) is 61.2 Å². The molecule has 0 saturated carbocycles. The summed E-state index contributed by atoms with van der Waals surface area (Å²) in [5.74, 6) is 0. The van der Waals surface area contributed by atoms with Crippen molar-refractivity contribution < 1.29 is 8.42 Å². The second-order valence-electron chi connectivity index (χ2n) is 3.91. The van der Waals surface area contributed by atoms with E-state index in [0.717, 1.165) is 0 Å². The van der Waals surface area contributed by atoms with Gasteiger partial charge >= 0.3 is 0 Å². The van der Waals surface area contributed by atoms with Crippen LogP contribution in [-0.2, 0) is 9.84 Å². The summed E-state index contributed by atoms with van der Waals surface area (Å²) < 4.78 is 24.3. The minimum Gasteiger partial charge on any atom is -0.368 e. The van der Waals surface area contributed by atoms with E-state index in [2.05, 4.69) is 0 Å². The van der Waals surface area contributed by atoms with E-state index in [1.54, 1.807) is 31.2 Å². The summed E-state index contributed by atoms with van der Waals surface area (Å²) >= 11 is 0. The molecule has 0 fully saturated rings. The highest BCUT2D eigenvalue weighted by molar-refractivity contribution is 7.92. The molecule has 0 aromatic heterocycles. The molecule has 0 bridgehead atoms. The van der Waals surface area contributed by atoms with Crippen molar-refractivity contribution in [3.63, 3.8) is 0 Å². The number of benzene rings is 1. The van der Waals surface area contributed by atoms with Gasteiger partial charge in [-0.1, -0.05) is 12.1 Å². The zero-order valence-electron chi connectivity index (χ0n) is 9.08. The molecule has 0 spiro atoms. The van der Waals surface area contributed by atoms with E-state index in [-0.39, 0.29) is 10.9 Å². The van der Waals surface area contributed by atoms with Gasteiger partial charge in [0.15, 0.2) is 15.1 Å². The molecule has 1 heterocycles. The maximum Gasteiger partial charge on any atom is 0.198 e. The number of nitriles is 1. The highest BCUT2D eigenvalue weighted by atomic mass is 32.2. The second kappa shape index (κ2) is 3.49. The van der Waals surface area contributed by atoms with Crippen molar-refractivity contribution in [2.75, 3.05) is 11.9 Å². The largest absolute Gasteiger partial charge is 0.368 e. The van der Waals surface area contributed by atoms with Crippen LogP contribution in [0.2, 0.25) is 0 Å². The van der Waals surface area contributed by atoms with Gasteiger partial charge in [-0.3, -0.25) is 0 Å². The first-order valence-electron chi connectivity index (χ1n) is 4.95. The molecule has 0 radical (unpaired) electrons. The Hall–Kier alpha value is -1.54. The van der Waals surface area contributed by atoms with Gasteiger partial charge in [-0.05, 0) is 19.1 Å². The summed E-state index contributed by atoms with van der Waals surface area (Å²) in [6.45, 7) is 1.75. The molecule has 0 aliphatic carbocycles. The predicted molar refractivity (Wildman–Crippen MR) is 60.9 cm³/mol. The molecule has 84 valence electrons. The monoisotopic (exact) mass is 236 g/mol. The van der Waals surface area contributed by atoms with Crippen molar-refractivity contribution in [1.82, 2.24) is 0 Å². The van der Waals surface area contributed by atoms with Crippen molar-refractivity contribution in [3.05, 3.63) is 24.3 Å². The quantitative estimate of drug-likeness (QED) is 0.679. The normalized spacial score (nSPS) is 26.9. The third-order valence-corrected chi connectivity index (χ3v) is 5.19. The molecule has 4 nitrogen and oxygen atoms in total. The molecule has 0 amide bonds. The highest BCUT2D eigenvalue weighted by Crippen LogP contribution is 2.35. The number of sulfone groups is 1. The lowest BCUT2D eigenvalue weighted by atomic mass is 10.2. The summed E-state index contributed by atoms with van der Waals surface area (Å²) in [5.41, 5.74) is 0.668. The van der Waals surface area contributed by atoms with Gasteiger partial charge in [0, 0.05) is 7.05 Å². The number of hydrogen-bond acceptors (Lipinski definition) is 4. The van der Waals surface area contributed by atoms with Crippen LogP contribution in [0.25, 0.3) is 0 Å². The molecule has 1 aromatic rings. The minimum absolute atomic E-state index is 0.252. The Morgan fingerprint density at radius 2 is 2.00 bits per heavy atom. The van der Waals surface area contributed by atoms with Gasteiger partial charge in [0.1, 0.15) is 0 Å². The van der Waals surface area contributed by atoms with Crippen molar-refractivity contribution >= 4 is 15.5 Å². The van der Waals surface area contributed by atoms with Crippen LogP contribution in [0, 0.1) is 11.3 Å². The number of fused-ring (bicyclic) bond motifs is 1. The summed E-state index contributed by atoms with van der Waals surface area (Å²) in [6, 6.07) is 8.34. The third kappa shape index (κ3) is 1.30. The van der Waals surface area contributed by atoms with Crippen LogP contribution in [0.1, 0.15) is 6.92 Å². The Labute approximate surface area is 95.0 Å². The standard InChI is InChI=1S/C11H12N2O2S/c1-8-11(7-12)16(14,15)10-6-4-3-5-9(10)13(8)2/h3-6,8,11H,1-2H3. The first-order chi connectivity index (χ1) is 7.50. The maximum atomic E-state index is 12.1. The predicted octanol–water partition coefficient (Wildman–Crippen LogP) is 1.19. The van der Waals surface area contributed by atoms with Crippen molar-refractivity contribution in [1.29, 1.82) is 5.26 Å². The Morgan fingerprint density at radius 1 is 1.38 bits per heavy atom. The molecular formula is C11H12N2O2S. The molecule has 2 atom stereocenters. The number of hydrogen-bond donors (Lipinski definition) is 0. The molecule has 16 heavy (non-hydrogen) atoms. The van der Waals surface area contributed by atoms with Crippen LogP contribution in [0.5, 0.6) is 0 Å². The zero-order valence-corrected chi connectivity index (χ0v) is 9.90. The van der Waals surface area contributed by atoms with Crippen LogP contribution < -0.4 is 4.90 Å². The molecule has 1 aliphatic heterocycles. The number of rotatable bonds is 0. The fourth-order valence-electron chi connectivity index (χ4n) is 1.98. The molecule has 5 heteroatoms. The summed E-state index contributed by atoms with van der Waals surface area (Å²) in [6.07, 6.45) is 0. The van der Waals surface area contributed by atoms with E-state index in [1.165, 1.54) is 0 Å². The number of para-hydroxylation sites is 1. The van der Waals surface area contributed by atoms with Crippen LogP contribution in [0.3, 0.4) is 0 Å². The van der Waals surface area contributed by atoms with Crippen molar-refractivity contribution in [2.24, 2.45) is 0 Å². The average Bonchev–Trinajstić information content (AvgIpc) is 2.27. The second-order valence-corrected chi connectivity index (χ2v) is 5.95. The lowest BCUT2D eigenvalue weighted by molar-refractivity contribution is 0.563. The zero-order chi connectivity index (χ0) is 11.9. The van der Waals surface area contributed by atoms with Crippen molar-refractivity contribution in [3.8, 4) is 6.07 Å². The van der Waals surface area contributed by atoms with Gasteiger partial charge in [0.25, 0.3) is 0 Å². The van der Waals surface area contributed by atoms with E-state index in [9.17, 15) is 8.42 Å². The van der Waals surface area contributed by atoms with Gasteiger partial charge in [-0.2, -0.15) is 5.26 Å². The molecular weight excluding hydrogens is 224 g/mol. The molecule has 1 aliphatic rings. The van der Waals surface area contributed by atoms with Gasteiger partial charge in [0.05, 0.1) is 22.7 Å². The summed E-state index contributed by atoms with van der Waals surface area (Å²) in [4.78, 5) is 2.09. The van der Waals surface area contributed by atoms with E-state index in [0.29, 0.717) is 5.69 Å². The van der Waals surface area contributed by atoms with Gasteiger partial charge < -0.3 is 4.90 Å². The van der Waals surface area contributed by atoms with Crippen LogP contribution in [0.15, 0.2) is 29.2 Å². The van der Waals surface area contributed by atoms with Gasteiger partial charge in [0.2, 0.25) is 0 Å². The lowest BCUT2D eigenvalue weighted by Gasteiger charge is -2.36. The maximum absolute atomic E-state index is 12.1. The molecule has 0 N–H and O–H groups in total. The molecule has 2 unspecified atom stereocenters. The molecule has 2 rings (SSSR count). The fourth-order valence-corrected chi connectivity index (χ4v) is 3.87. The summed E-state index contributed by atoms with van der Waals surface area (Å²) in [5, 5.41) is 7.99. The van der Waals surface area contributed by atoms with E-state index >= 15 is 0 Å². The first kappa shape index (κ1) is 11.0. The lowest BCUT2D eigenvalue weighted by Crippen LogP contribution is -2.47. The smallest absolute Gasteiger partial charge is 0.198 e. The Morgan fingerprint density at radius 3 is 2.62 bits per heavy atom. The Bertz CT molecular complexity index is 560. The molecule has 1 aromatic carbocycles. The average molecular weight is 236 g/mol. The van der Waals surface area contributed by atoms with E-state index < -0.39 is 15.1 Å². The van der Waals surface area contributed by atoms with E-state index in [4.69, 9.17) is 5.26 Å². The number of nitrogens with zero attached hydrogens (tertiary/aromatic N) is 2. The fraction of sp³-hybridized carbons (Fsp3) is 0.364. The van der Waals surface area contributed by atoms with E-state index in [1.807, 2.05) is 18.0 Å². The van der Waals surface area contributed by atoms with Crippen molar-refractivity contribution in [2.45, 2.75) is 23.1 Å². The minimum atomic E-state index is -3.52. The Balaban J connectivity index is 2.74. The summed E-state index contributed by atoms with van der Waals surface area (Å²) in [7, 11) is -1.71.